The van der Waals surface area contributed by atoms with E-state index in [1.54, 1.807) is 0 Å². The molecule has 6 heteroatoms. The standard InChI is InChI=1S/C50H27B5O/c51-46-45(47(52)49(54)50(55)48(46)53)34-18-20-35-38-26-33(19-23-41(38)56-42(35)27-34)44-37-22-17-31(28-10-4-1-5-11-28)24-39(37)43(30-14-8-3-9-15-30)36-21-16-32(25-40(36)44)29-12-6-2-7-13-29/h1-27H. The highest BCUT2D eigenvalue weighted by Crippen LogP contribution is 2.47. The van der Waals surface area contributed by atoms with Crippen LogP contribution in [0.2, 0.25) is 0 Å². The van der Waals surface area contributed by atoms with E-state index in [0.29, 0.717) is 11.1 Å². The number of benzene rings is 9. The molecule has 0 aliphatic rings. The SMILES string of the molecule is [B]c1c([B])c([B])c(-c2ccc3c(c2)oc2ccc(-c4c5ccc(-c6ccccc6)cc5c(-c5ccccc5)c5ccc(-c6ccccc6)cc45)cc23)c([B])c1[B]. The summed E-state index contributed by atoms with van der Waals surface area (Å²) in [6, 6.07) is 58.0. The molecule has 0 saturated heterocycles. The smallest absolute Gasteiger partial charge is 0.136 e. The van der Waals surface area contributed by atoms with Gasteiger partial charge in [0.15, 0.2) is 0 Å². The summed E-state index contributed by atoms with van der Waals surface area (Å²) in [6.45, 7) is 0. The molecule has 0 atom stereocenters. The van der Waals surface area contributed by atoms with Crippen molar-refractivity contribution in [2.45, 2.75) is 0 Å². The van der Waals surface area contributed by atoms with Gasteiger partial charge in [0.2, 0.25) is 0 Å². The summed E-state index contributed by atoms with van der Waals surface area (Å²) in [6.07, 6.45) is 0. The minimum atomic E-state index is 0.185. The van der Waals surface area contributed by atoms with Crippen LogP contribution in [-0.4, -0.2) is 39.2 Å². The molecule has 10 aromatic rings. The van der Waals surface area contributed by atoms with Gasteiger partial charge in [-0.3, -0.25) is 0 Å². The summed E-state index contributed by atoms with van der Waals surface area (Å²) < 4.78 is 6.49. The van der Waals surface area contributed by atoms with Crippen molar-refractivity contribution in [3.8, 4) is 55.6 Å². The molecule has 1 aromatic heterocycles. The van der Waals surface area contributed by atoms with E-state index in [1.165, 1.54) is 49.4 Å². The molecule has 0 saturated carbocycles. The van der Waals surface area contributed by atoms with Gasteiger partial charge in [0.05, 0.1) is 0 Å². The molecular formula is C50H27B5O. The minimum Gasteiger partial charge on any atom is -0.456 e. The van der Waals surface area contributed by atoms with E-state index >= 15 is 0 Å². The van der Waals surface area contributed by atoms with E-state index in [4.69, 9.17) is 43.6 Å². The van der Waals surface area contributed by atoms with Crippen LogP contribution in [-0.2, 0) is 0 Å². The number of fused-ring (bicyclic) bond motifs is 5. The highest BCUT2D eigenvalue weighted by molar-refractivity contribution is 6.68. The lowest BCUT2D eigenvalue weighted by Gasteiger charge is -2.21. The molecule has 248 valence electrons. The second-order valence-electron chi connectivity index (χ2n) is 14.3. The predicted octanol–water partition coefficient (Wildman–Crippen LogP) is 8.20. The minimum absolute atomic E-state index is 0.185. The van der Waals surface area contributed by atoms with E-state index in [0.717, 1.165) is 38.6 Å². The topological polar surface area (TPSA) is 13.1 Å². The Bertz CT molecular complexity index is 3140. The van der Waals surface area contributed by atoms with Crippen molar-refractivity contribution in [2.75, 3.05) is 0 Å². The Morgan fingerprint density at radius 1 is 0.250 bits per heavy atom. The number of hydrogen-bond donors (Lipinski definition) is 0. The van der Waals surface area contributed by atoms with Gasteiger partial charge in [0, 0.05) is 10.8 Å². The molecule has 0 aliphatic carbocycles. The lowest BCUT2D eigenvalue weighted by molar-refractivity contribution is 0.669. The lowest BCUT2D eigenvalue weighted by Crippen LogP contribution is -2.55. The van der Waals surface area contributed by atoms with Gasteiger partial charge in [-0.1, -0.05) is 138 Å². The molecule has 10 radical (unpaired) electrons. The molecule has 0 fully saturated rings. The highest BCUT2D eigenvalue weighted by Gasteiger charge is 2.20. The number of rotatable bonds is 5. The van der Waals surface area contributed by atoms with Crippen molar-refractivity contribution in [1.29, 1.82) is 0 Å². The Morgan fingerprint density at radius 3 is 1.21 bits per heavy atom. The summed E-state index contributed by atoms with van der Waals surface area (Å²) in [5, 5.41) is 6.67. The molecule has 0 N–H and O–H groups in total. The molecule has 0 aliphatic heterocycles. The quantitative estimate of drug-likeness (QED) is 0.131. The molecular weight excluding hydrogens is 671 g/mol. The van der Waals surface area contributed by atoms with Crippen molar-refractivity contribution in [3.63, 3.8) is 0 Å². The molecule has 0 unspecified atom stereocenters. The van der Waals surface area contributed by atoms with Crippen LogP contribution in [0.3, 0.4) is 0 Å². The van der Waals surface area contributed by atoms with Crippen molar-refractivity contribution < 1.29 is 4.42 Å². The Hall–Kier alpha value is -6.38. The average Bonchev–Trinajstić information content (AvgIpc) is 3.62. The van der Waals surface area contributed by atoms with E-state index in [9.17, 15) is 0 Å². The Kier molecular flexibility index (Phi) is 8.19. The fourth-order valence-electron chi connectivity index (χ4n) is 8.32. The average molecular weight is 698 g/mol. The van der Waals surface area contributed by atoms with Gasteiger partial charge in [-0.05, 0) is 114 Å². The van der Waals surface area contributed by atoms with E-state index in [2.05, 4.69) is 146 Å². The maximum absolute atomic E-state index is 6.49. The summed E-state index contributed by atoms with van der Waals surface area (Å²) in [7, 11) is 31.4. The highest BCUT2D eigenvalue weighted by atomic mass is 16.3. The Balaban J connectivity index is 1.25. The maximum atomic E-state index is 6.49. The van der Waals surface area contributed by atoms with Crippen molar-refractivity contribution in [2.24, 2.45) is 0 Å². The van der Waals surface area contributed by atoms with Crippen LogP contribution in [0, 0.1) is 0 Å². The summed E-state index contributed by atoms with van der Waals surface area (Å²) in [5.74, 6) is 0. The monoisotopic (exact) mass is 698 g/mol. The summed E-state index contributed by atoms with van der Waals surface area (Å²) >= 11 is 0. The summed E-state index contributed by atoms with van der Waals surface area (Å²) in [5.41, 5.74) is 13.2. The molecule has 0 spiro atoms. The van der Waals surface area contributed by atoms with Crippen molar-refractivity contribution in [1.82, 2.24) is 0 Å². The zero-order valence-electron chi connectivity index (χ0n) is 30.4. The van der Waals surface area contributed by atoms with Crippen LogP contribution >= 0.6 is 0 Å². The van der Waals surface area contributed by atoms with Gasteiger partial charge in [-0.15, -0.1) is 16.4 Å². The largest absolute Gasteiger partial charge is 0.456 e. The molecule has 1 nitrogen and oxygen atoms in total. The molecule has 0 amide bonds. The van der Waals surface area contributed by atoms with Gasteiger partial charge < -0.3 is 4.42 Å². The third-order valence-corrected chi connectivity index (χ3v) is 11.1. The van der Waals surface area contributed by atoms with Crippen LogP contribution in [0.4, 0.5) is 0 Å². The first-order valence-corrected chi connectivity index (χ1v) is 18.5. The van der Waals surface area contributed by atoms with Gasteiger partial charge in [0.1, 0.15) is 50.4 Å². The first kappa shape index (κ1) is 34.1. The third kappa shape index (κ3) is 5.47. The molecule has 1 heterocycles. The van der Waals surface area contributed by atoms with Crippen LogP contribution in [0.25, 0.3) is 99.1 Å². The number of furan rings is 1. The van der Waals surface area contributed by atoms with Crippen LogP contribution in [0.5, 0.6) is 0 Å². The van der Waals surface area contributed by atoms with E-state index in [1.807, 2.05) is 18.2 Å². The van der Waals surface area contributed by atoms with Crippen molar-refractivity contribution in [3.05, 3.63) is 164 Å². The van der Waals surface area contributed by atoms with Crippen LogP contribution in [0.1, 0.15) is 0 Å². The molecule has 0 bridgehead atoms. The van der Waals surface area contributed by atoms with E-state index in [-0.39, 0.29) is 27.3 Å². The van der Waals surface area contributed by atoms with Crippen LogP contribution < -0.4 is 27.3 Å². The zero-order chi connectivity index (χ0) is 38.1. The fraction of sp³-hybridized carbons (Fsp3) is 0. The maximum Gasteiger partial charge on any atom is 0.136 e. The summed E-state index contributed by atoms with van der Waals surface area (Å²) in [4.78, 5) is 0. The third-order valence-electron chi connectivity index (χ3n) is 11.1. The predicted molar refractivity (Wildman–Crippen MR) is 243 cm³/mol. The molecule has 56 heavy (non-hydrogen) atoms. The first-order valence-electron chi connectivity index (χ1n) is 18.5. The number of hydrogen-bond acceptors (Lipinski definition) is 1. The Labute approximate surface area is 332 Å². The lowest BCUT2D eigenvalue weighted by atomic mass is 9.59. The molecule has 10 rings (SSSR count). The van der Waals surface area contributed by atoms with Crippen molar-refractivity contribution >= 4 is 110 Å². The second-order valence-corrected chi connectivity index (χ2v) is 14.3. The first-order chi connectivity index (χ1) is 27.4. The van der Waals surface area contributed by atoms with E-state index < -0.39 is 0 Å². The molecule has 9 aromatic carbocycles. The van der Waals surface area contributed by atoms with Gasteiger partial charge in [-0.25, -0.2) is 0 Å². The van der Waals surface area contributed by atoms with Gasteiger partial charge >= 0.3 is 0 Å². The van der Waals surface area contributed by atoms with Gasteiger partial charge in [-0.2, -0.15) is 0 Å². The zero-order valence-corrected chi connectivity index (χ0v) is 30.4. The van der Waals surface area contributed by atoms with Crippen LogP contribution in [0.15, 0.2) is 168 Å². The normalized spacial score (nSPS) is 11.6. The second kappa shape index (κ2) is 13.4. The van der Waals surface area contributed by atoms with Gasteiger partial charge in [0.25, 0.3) is 0 Å². The fourth-order valence-corrected chi connectivity index (χ4v) is 8.32. The Morgan fingerprint density at radius 2 is 0.661 bits per heavy atom.